The molecule has 2 amide bonds. The van der Waals surface area contributed by atoms with Gasteiger partial charge in [-0.25, -0.2) is 4.79 Å². The van der Waals surface area contributed by atoms with Crippen molar-refractivity contribution in [2.24, 2.45) is 17.8 Å². The highest BCUT2D eigenvalue weighted by atomic mass is 16.5. The van der Waals surface area contributed by atoms with Crippen LogP contribution in [0, 0.1) is 17.8 Å². The molecule has 3 N–H and O–H groups in total. The largest absolute Gasteiger partial charge is 0.481 e. The molecule has 7 nitrogen and oxygen atoms in total. The molecule has 3 atom stereocenters. The summed E-state index contributed by atoms with van der Waals surface area (Å²) >= 11 is 0. The Bertz CT molecular complexity index is 1010. The average molecular weight is 481 g/mol. The molecule has 0 bridgehead atoms. The molecule has 188 valence electrons. The third-order valence-corrected chi connectivity index (χ3v) is 6.76. The number of carbonyl (C=O) groups excluding carboxylic acids is 2. The molecule has 7 heteroatoms. The third-order valence-electron chi connectivity index (χ3n) is 6.76. The number of rotatable bonds is 11. The molecule has 3 unspecified atom stereocenters. The van der Waals surface area contributed by atoms with Crippen molar-refractivity contribution in [3.05, 3.63) is 59.7 Å². The first kappa shape index (κ1) is 26.3. The number of fused-ring (bicyclic) bond motifs is 3. The summed E-state index contributed by atoms with van der Waals surface area (Å²) in [5, 5.41) is 14.9. The first-order valence-corrected chi connectivity index (χ1v) is 12.4. The SMILES string of the molecule is CCCC(CNC(=O)C(C(C)C)C(C)NC(=O)OCC1c2ccccc2-c2ccccc21)C(=O)O. The van der Waals surface area contributed by atoms with E-state index in [9.17, 15) is 19.5 Å². The molecular formula is C28H36N2O5. The lowest BCUT2D eigenvalue weighted by atomic mass is 9.88. The van der Waals surface area contributed by atoms with Gasteiger partial charge in [0.05, 0.1) is 11.8 Å². The number of carboxylic acid groups (broad SMARTS) is 1. The van der Waals surface area contributed by atoms with E-state index in [2.05, 4.69) is 34.9 Å². The number of benzene rings is 2. The molecule has 2 aromatic carbocycles. The van der Waals surface area contributed by atoms with E-state index >= 15 is 0 Å². The fourth-order valence-electron chi connectivity index (χ4n) is 5.03. The number of amides is 2. The summed E-state index contributed by atoms with van der Waals surface area (Å²) in [6.45, 7) is 7.76. The van der Waals surface area contributed by atoms with Crippen LogP contribution in [0.25, 0.3) is 11.1 Å². The summed E-state index contributed by atoms with van der Waals surface area (Å²) in [7, 11) is 0. The van der Waals surface area contributed by atoms with Crippen LogP contribution in [0.1, 0.15) is 57.6 Å². The molecule has 0 fully saturated rings. The second-order valence-electron chi connectivity index (χ2n) is 9.60. The second kappa shape index (κ2) is 11.9. The highest BCUT2D eigenvalue weighted by molar-refractivity contribution is 5.82. The monoisotopic (exact) mass is 480 g/mol. The number of ether oxygens (including phenoxy) is 1. The lowest BCUT2D eigenvalue weighted by Gasteiger charge is -2.27. The Morgan fingerprint density at radius 2 is 1.54 bits per heavy atom. The standard InChI is InChI=1S/C28H36N2O5/c1-5-10-19(27(32)33)15-29-26(31)25(17(2)3)18(4)30-28(34)35-16-24-22-13-8-6-11-20(22)21-12-7-9-14-23(21)24/h6-9,11-14,17-19,24-25H,5,10,15-16H2,1-4H3,(H,29,31)(H,30,34)(H,32,33). The Labute approximate surface area is 207 Å². The lowest BCUT2D eigenvalue weighted by Crippen LogP contribution is -2.48. The van der Waals surface area contributed by atoms with Crippen LogP contribution in [-0.4, -0.2) is 42.3 Å². The molecule has 0 heterocycles. The Kier molecular flexibility index (Phi) is 8.90. The van der Waals surface area contributed by atoms with E-state index in [-0.39, 0.29) is 30.9 Å². The highest BCUT2D eigenvalue weighted by Crippen LogP contribution is 2.44. The van der Waals surface area contributed by atoms with Gasteiger partial charge in [0.15, 0.2) is 0 Å². The molecule has 1 aliphatic carbocycles. The fraction of sp³-hybridized carbons (Fsp3) is 0.464. The van der Waals surface area contributed by atoms with Crippen molar-refractivity contribution >= 4 is 18.0 Å². The smallest absolute Gasteiger partial charge is 0.407 e. The minimum absolute atomic E-state index is 0.0424. The quantitative estimate of drug-likeness (QED) is 0.428. The number of alkyl carbamates (subject to hydrolysis) is 1. The van der Waals surface area contributed by atoms with Crippen LogP contribution in [0.4, 0.5) is 4.79 Å². The van der Waals surface area contributed by atoms with E-state index < -0.39 is 29.9 Å². The Morgan fingerprint density at radius 1 is 0.971 bits per heavy atom. The minimum atomic E-state index is -0.918. The zero-order chi connectivity index (χ0) is 25.5. The first-order chi connectivity index (χ1) is 16.7. The van der Waals surface area contributed by atoms with Crippen LogP contribution in [0.3, 0.4) is 0 Å². The minimum Gasteiger partial charge on any atom is -0.481 e. The van der Waals surface area contributed by atoms with E-state index in [0.29, 0.717) is 6.42 Å². The number of aliphatic carboxylic acids is 1. The number of carbonyl (C=O) groups is 3. The molecule has 3 rings (SSSR count). The van der Waals surface area contributed by atoms with Crippen molar-refractivity contribution in [2.45, 2.75) is 52.5 Å². The van der Waals surface area contributed by atoms with Gasteiger partial charge < -0.3 is 20.5 Å². The van der Waals surface area contributed by atoms with Crippen LogP contribution >= 0.6 is 0 Å². The maximum Gasteiger partial charge on any atom is 0.407 e. The van der Waals surface area contributed by atoms with Gasteiger partial charge in [-0.05, 0) is 41.5 Å². The van der Waals surface area contributed by atoms with Gasteiger partial charge in [-0.1, -0.05) is 75.7 Å². The molecule has 1 aliphatic rings. The van der Waals surface area contributed by atoms with E-state index in [0.717, 1.165) is 28.7 Å². The van der Waals surface area contributed by atoms with Gasteiger partial charge in [0.25, 0.3) is 0 Å². The lowest BCUT2D eigenvalue weighted by molar-refractivity contribution is -0.142. The molecule has 35 heavy (non-hydrogen) atoms. The normalized spacial score (nSPS) is 15.0. The first-order valence-electron chi connectivity index (χ1n) is 12.4. The van der Waals surface area contributed by atoms with Gasteiger partial charge in [0.2, 0.25) is 5.91 Å². The Hall–Kier alpha value is -3.35. The van der Waals surface area contributed by atoms with Gasteiger partial charge >= 0.3 is 12.1 Å². The maximum absolute atomic E-state index is 12.9. The molecule has 2 aromatic rings. The van der Waals surface area contributed by atoms with Crippen LogP contribution < -0.4 is 10.6 Å². The molecule has 0 aromatic heterocycles. The molecule has 0 saturated heterocycles. The van der Waals surface area contributed by atoms with E-state index in [4.69, 9.17) is 4.74 Å². The number of hydrogen-bond donors (Lipinski definition) is 3. The maximum atomic E-state index is 12.9. The predicted octanol–water partition coefficient (Wildman–Crippen LogP) is 4.80. The van der Waals surface area contributed by atoms with Crippen molar-refractivity contribution in [1.29, 1.82) is 0 Å². The van der Waals surface area contributed by atoms with E-state index in [1.54, 1.807) is 6.92 Å². The van der Waals surface area contributed by atoms with Gasteiger partial charge in [-0.2, -0.15) is 0 Å². The second-order valence-corrected chi connectivity index (χ2v) is 9.60. The van der Waals surface area contributed by atoms with Gasteiger partial charge in [-0.15, -0.1) is 0 Å². The Morgan fingerprint density at radius 3 is 2.06 bits per heavy atom. The predicted molar refractivity (Wildman–Crippen MR) is 135 cm³/mol. The van der Waals surface area contributed by atoms with Gasteiger partial charge in [0, 0.05) is 18.5 Å². The van der Waals surface area contributed by atoms with Gasteiger partial charge in [0.1, 0.15) is 6.61 Å². The van der Waals surface area contributed by atoms with Crippen LogP contribution in [0.2, 0.25) is 0 Å². The number of hydrogen-bond acceptors (Lipinski definition) is 4. The zero-order valence-corrected chi connectivity index (χ0v) is 20.9. The van der Waals surface area contributed by atoms with Crippen molar-refractivity contribution < 1.29 is 24.2 Å². The Balaban J connectivity index is 1.59. The highest BCUT2D eigenvalue weighted by Gasteiger charge is 2.32. The van der Waals surface area contributed by atoms with Crippen molar-refractivity contribution in [1.82, 2.24) is 10.6 Å². The fourth-order valence-corrected chi connectivity index (χ4v) is 5.03. The number of nitrogens with one attached hydrogen (secondary N) is 2. The molecular weight excluding hydrogens is 444 g/mol. The van der Waals surface area contributed by atoms with E-state index in [1.165, 1.54) is 0 Å². The van der Waals surface area contributed by atoms with Crippen molar-refractivity contribution in [3.8, 4) is 11.1 Å². The van der Waals surface area contributed by atoms with Crippen molar-refractivity contribution in [3.63, 3.8) is 0 Å². The molecule has 0 spiro atoms. The third kappa shape index (κ3) is 6.21. The summed E-state index contributed by atoms with van der Waals surface area (Å²) in [6.07, 6.45) is 0.641. The molecule has 0 radical (unpaired) electrons. The molecule has 0 saturated carbocycles. The van der Waals surface area contributed by atoms with Crippen molar-refractivity contribution in [2.75, 3.05) is 13.2 Å². The van der Waals surface area contributed by atoms with Gasteiger partial charge in [-0.3, -0.25) is 9.59 Å². The summed E-state index contributed by atoms with van der Waals surface area (Å²) < 4.78 is 5.62. The number of carboxylic acids is 1. The van der Waals surface area contributed by atoms with Crippen LogP contribution in [0.15, 0.2) is 48.5 Å². The van der Waals surface area contributed by atoms with Crippen LogP contribution in [0.5, 0.6) is 0 Å². The average Bonchev–Trinajstić information content (AvgIpc) is 3.13. The topological polar surface area (TPSA) is 105 Å². The molecule has 0 aliphatic heterocycles. The van der Waals surface area contributed by atoms with E-state index in [1.807, 2.05) is 45.0 Å². The van der Waals surface area contributed by atoms with Crippen LogP contribution in [-0.2, 0) is 14.3 Å². The summed E-state index contributed by atoms with van der Waals surface area (Å²) in [4.78, 5) is 37.0. The summed E-state index contributed by atoms with van der Waals surface area (Å²) in [6, 6.07) is 15.8. The summed E-state index contributed by atoms with van der Waals surface area (Å²) in [5.74, 6) is -2.44. The zero-order valence-electron chi connectivity index (χ0n) is 20.9. The summed E-state index contributed by atoms with van der Waals surface area (Å²) in [5.41, 5.74) is 4.58.